The number of aromatic nitrogens is 2. The smallest absolute Gasteiger partial charge is 0.271 e. The van der Waals surface area contributed by atoms with Crippen molar-refractivity contribution in [3.63, 3.8) is 0 Å². The van der Waals surface area contributed by atoms with Crippen LogP contribution in [0.15, 0.2) is 58.4 Å². The Kier molecular flexibility index (Phi) is 5.19. The molecule has 0 radical (unpaired) electrons. The summed E-state index contributed by atoms with van der Waals surface area (Å²) in [6.07, 6.45) is 5.62. The lowest BCUT2D eigenvalue weighted by molar-refractivity contribution is -0.121. The highest BCUT2D eigenvalue weighted by Crippen LogP contribution is 2.20. The summed E-state index contributed by atoms with van der Waals surface area (Å²) in [5.74, 6) is 0.954. The van der Waals surface area contributed by atoms with E-state index in [1.54, 1.807) is 48.0 Å². The molecule has 9 heteroatoms. The van der Waals surface area contributed by atoms with E-state index in [0.717, 1.165) is 42.1 Å². The van der Waals surface area contributed by atoms with Gasteiger partial charge in [0.05, 0.1) is 6.42 Å². The Bertz CT molecular complexity index is 1060. The molecule has 0 fully saturated rings. The maximum absolute atomic E-state index is 12.4. The summed E-state index contributed by atoms with van der Waals surface area (Å²) < 4.78 is 29.4. The minimum atomic E-state index is -3.56. The average Bonchev–Trinajstić information content (AvgIpc) is 3.34. The number of sulfonamides is 1. The van der Waals surface area contributed by atoms with Gasteiger partial charge < -0.3 is 9.88 Å². The minimum absolute atomic E-state index is 0.0445. The normalized spacial score (nSPS) is 16.4. The molecule has 1 atom stereocenters. The molecule has 7 nitrogen and oxygen atoms in total. The Labute approximate surface area is 167 Å². The summed E-state index contributed by atoms with van der Waals surface area (Å²) in [6, 6.07) is 10.2. The van der Waals surface area contributed by atoms with Gasteiger partial charge in [-0.25, -0.2) is 13.4 Å². The highest BCUT2D eigenvalue weighted by molar-refractivity contribution is 7.94. The van der Waals surface area contributed by atoms with Crippen LogP contribution in [0.5, 0.6) is 0 Å². The summed E-state index contributed by atoms with van der Waals surface area (Å²) in [7, 11) is -3.56. The van der Waals surface area contributed by atoms with Crippen LogP contribution in [0.25, 0.3) is 0 Å². The van der Waals surface area contributed by atoms with Gasteiger partial charge in [0, 0.05) is 37.1 Å². The van der Waals surface area contributed by atoms with Gasteiger partial charge in [-0.2, -0.15) is 0 Å². The largest absolute Gasteiger partial charge is 0.353 e. The highest BCUT2D eigenvalue weighted by Gasteiger charge is 2.21. The predicted molar refractivity (Wildman–Crippen MR) is 108 cm³/mol. The van der Waals surface area contributed by atoms with Crippen molar-refractivity contribution in [1.82, 2.24) is 14.9 Å². The monoisotopic (exact) mass is 416 g/mol. The van der Waals surface area contributed by atoms with Gasteiger partial charge in [-0.3, -0.25) is 9.52 Å². The number of thiophene rings is 1. The molecule has 0 spiro atoms. The Balaban J connectivity index is 1.32. The van der Waals surface area contributed by atoms with Crippen LogP contribution in [-0.4, -0.2) is 29.9 Å². The van der Waals surface area contributed by atoms with E-state index in [1.807, 2.05) is 6.20 Å². The van der Waals surface area contributed by atoms with Gasteiger partial charge in [0.15, 0.2) is 0 Å². The van der Waals surface area contributed by atoms with Gasteiger partial charge in [0.1, 0.15) is 10.0 Å². The Morgan fingerprint density at radius 3 is 2.82 bits per heavy atom. The SMILES string of the molecule is O=C(Cc1ccc(NS(=O)(=O)c2cccs2)cc1)NC1CCn2ccnc2C1. The maximum atomic E-state index is 12.4. The predicted octanol–water partition coefficient (Wildman–Crippen LogP) is 2.42. The molecule has 1 aliphatic rings. The first-order chi connectivity index (χ1) is 13.5. The lowest BCUT2D eigenvalue weighted by Crippen LogP contribution is -2.40. The summed E-state index contributed by atoms with van der Waals surface area (Å²) in [5, 5.41) is 4.79. The third-order valence-electron chi connectivity index (χ3n) is 4.65. The summed E-state index contributed by atoms with van der Waals surface area (Å²) in [6.45, 7) is 0.860. The van der Waals surface area contributed by atoms with E-state index in [2.05, 4.69) is 19.6 Å². The third kappa shape index (κ3) is 4.26. The van der Waals surface area contributed by atoms with Crippen molar-refractivity contribution in [3.8, 4) is 0 Å². The number of anilines is 1. The highest BCUT2D eigenvalue weighted by atomic mass is 32.2. The summed E-state index contributed by atoms with van der Waals surface area (Å²) in [5.41, 5.74) is 1.30. The first-order valence-corrected chi connectivity index (χ1v) is 11.3. The van der Waals surface area contributed by atoms with Crippen molar-refractivity contribution in [2.75, 3.05) is 4.72 Å². The fourth-order valence-corrected chi connectivity index (χ4v) is 5.30. The lowest BCUT2D eigenvalue weighted by atomic mass is 10.1. The van der Waals surface area contributed by atoms with Crippen LogP contribution in [-0.2, 0) is 34.2 Å². The van der Waals surface area contributed by atoms with Crippen molar-refractivity contribution in [1.29, 1.82) is 0 Å². The standard InChI is InChI=1S/C19H20N4O3S2/c24-18(21-16-7-9-23-10-8-20-17(23)13-16)12-14-3-5-15(6-4-14)22-28(25,26)19-2-1-11-27-19/h1-6,8,10-11,16,22H,7,9,12-13H2,(H,21,24). The molecule has 0 aliphatic carbocycles. The van der Waals surface area contributed by atoms with Crippen molar-refractivity contribution < 1.29 is 13.2 Å². The second-order valence-electron chi connectivity index (χ2n) is 6.71. The number of carbonyl (C=O) groups is 1. The van der Waals surface area contributed by atoms with Crippen LogP contribution >= 0.6 is 11.3 Å². The van der Waals surface area contributed by atoms with Crippen molar-refractivity contribution in [3.05, 3.63) is 65.6 Å². The van der Waals surface area contributed by atoms with Crippen molar-refractivity contribution in [2.45, 2.75) is 36.1 Å². The van der Waals surface area contributed by atoms with E-state index in [0.29, 0.717) is 5.69 Å². The number of aryl methyl sites for hydroxylation is 1. The zero-order valence-electron chi connectivity index (χ0n) is 15.0. The van der Waals surface area contributed by atoms with E-state index in [4.69, 9.17) is 0 Å². The van der Waals surface area contributed by atoms with Gasteiger partial charge in [-0.1, -0.05) is 18.2 Å². The molecule has 3 heterocycles. The molecule has 0 saturated heterocycles. The first-order valence-electron chi connectivity index (χ1n) is 8.94. The van der Waals surface area contributed by atoms with Crippen LogP contribution in [0.1, 0.15) is 17.8 Å². The number of amides is 1. The molecule has 146 valence electrons. The van der Waals surface area contributed by atoms with Gasteiger partial charge >= 0.3 is 0 Å². The Hall–Kier alpha value is -2.65. The van der Waals surface area contributed by atoms with Crippen LogP contribution in [0, 0.1) is 0 Å². The quantitative estimate of drug-likeness (QED) is 0.645. The number of rotatable bonds is 6. The molecule has 1 amide bonds. The molecule has 3 aromatic rings. The van der Waals surface area contributed by atoms with Crippen molar-refractivity contribution in [2.24, 2.45) is 0 Å². The number of nitrogens with one attached hydrogen (secondary N) is 2. The summed E-state index contributed by atoms with van der Waals surface area (Å²) >= 11 is 1.16. The molecule has 0 bridgehead atoms. The zero-order chi connectivity index (χ0) is 19.6. The molecule has 2 N–H and O–H groups in total. The number of imidazole rings is 1. The average molecular weight is 417 g/mol. The van der Waals surface area contributed by atoms with Crippen LogP contribution < -0.4 is 10.0 Å². The van der Waals surface area contributed by atoms with Crippen LogP contribution in [0.2, 0.25) is 0 Å². The van der Waals surface area contributed by atoms with Crippen LogP contribution in [0.3, 0.4) is 0 Å². The summed E-state index contributed by atoms with van der Waals surface area (Å²) in [4.78, 5) is 16.7. The fourth-order valence-electron chi connectivity index (χ4n) is 3.25. The van der Waals surface area contributed by atoms with Crippen molar-refractivity contribution >= 4 is 33.0 Å². The molecular formula is C19H20N4O3S2. The molecule has 1 aromatic carbocycles. The van der Waals surface area contributed by atoms with Gasteiger partial charge in [-0.05, 0) is 35.6 Å². The Morgan fingerprint density at radius 1 is 1.25 bits per heavy atom. The molecule has 1 unspecified atom stereocenters. The van der Waals surface area contributed by atoms with E-state index >= 15 is 0 Å². The molecule has 2 aromatic heterocycles. The number of benzene rings is 1. The number of fused-ring (bicyclic) bond motifs is 1. The Morgan fingerprint density at radius 2 is 2.07 bits per heavy atom. The van der Waals surface area contributed by atoms with E-state index < -0.39 is 10.0 Å². The second kappa shape index (κ2) is 7.76. The van der Waals surface area contributed by atoms with E-state index in [1.165, 1.54) is 0 Å². The topological polar surface area (TPSA) is 93.1 Å². The van der Waals surface area contributed by atoms with E-state index in [9.17, 15) is 13.2 Å². The number of carbonyl (C=O) groups excluding carboxylic acids is 1. The first kappa shape index (κ1) is 18.7. The fraction of sp³-hybridized carbons (Fsp3) is 0.263. The van der Waals surface area contributed by atoms with E-state index in [-0.39, 0.29) is 22.6 Å². The molecule has 0 saturated carbocycles. The van der Waals surface area contributed by atoms with Gasteiger partial charge in [0.25, 0.3) is 10.0 Å². The lowest BCUT2D eigenvalue weighted by Gasteiger charge is -2.24. The molecule has 1 aliphatic heterocycles. The van der Waals surface area contributed by atoms with Crippen LogP contribution in [0.4, 0.5) is 5.69 Å². The molecular weight excluding hydrogens is 396 g/mol. The zero-order valence-corrected chi connectivity index (χ0v) is 16.7. The molecule has 28 heavy (non-hydrogen) atoms. The molecule has 4 rings (SSSR count). The third-order valence-corrected chi connectivity index (χ3v) is 7.42. The number of hydrogen-bond acceptors (Lipinski definition) is 5. The number of nitrogens with zero attached hydrogens (tertiary/aromatic N) is 2. The second-order valence-corrected chi connectivity index (χ2v) is 9.56. The maximum Gasteiger partial charge on any atom is 0.271 e. The number of hydrogen-bond donors (Lipinski definition) is 2. The van der Waals surface area contributed by atoms with Gasteiger partial charge in [0.2, 0.25) is 5.91 Å². The van der Waals surface area contributed by atoms with Gasteiger partial charge in [-0.15, -0.1) is 11.3 Å². The minimum Gasteiger partial charge on any atom is -0.353 e.